The molecule has 1 amide bonds. The third kappa shape index (κ3) is 3.52. The van der Waals surface area contributed by atoms with Gasteiger partial charge in [-0.05, 0) is 6.92 Å². The highest BCUT2D eigenvalue weighted by Crippen LogP contribution is 2.08. The Morgan fingerprint density at radius 2 is 2.24 bits per heavy atom. The lowest BCUT2D eigenvalue weighted by molar-refractivity contribution is 0.0695. The highest BCUT2D eigenvalue weighted by atomic mass is 16.5. The summed E-state index contributed by atoms with van der Waals surface area (Å²) in [5.74, 6) is 1.04. The van der Waals surface area contributed by atoms with Crippen LogP contribution >= 0.6 is 0 Å². The van der Waals surface area contributed by atoms with Crippen LogP contribution in [0.25, 0.3) is 0 Å². The van der Waals surface area contributed by atoms with Crippen LogP contribution < -0.4 is 0 Å². The highest BCUT2D eigenvalue weighted by molar-refractivity contribution is 5.90. The quantitative estimate of drug-likeness (QED) is 0.806. The molecule has 0 fully saturated rings. The van der Waals surface area contributed by atoms with Crippen molar-refractivity contribution in [2.24, 2.45) is 0 Å². The maximum absolute atomic E-state index is 12.0. The van der Waals surface area contributed by atoms with Crippen LogP contribution in [0.3, 0.4) is 0 Å². The van der Waals surface area contributed by atoms with E-state index in [1.807, 2.05) is 20.8 Å². The summed E-state index contributed by atoms with van der Waals surface area (Å²) in [4.78, 5) is 17.9. The van der Waals surface area contributed by atoms with Gasteiger partial charge in [0.05, 0.1) is 6.61 Å². The molecule has 0 aliphatic rings. The van der Waals surface area contributed by atoms with Gasteiger partial charge in [-0.2, -0.15) is 0 Å². The minimum absolute atomic E-state index is 0.160. The van der Waals surface area contributed by atoms with Crippen molar-refractivity contribution in [2.75, 3.05) is 26.8 Å². The lowest BCUT2D eigenvalue weighted by Crippen LogP contribution is -2.34. The van der Waals surface area contributed by atoms with E-state index in [1.165, 1.54) is 0 Å². The molecule has 1 rings (SSSR count). The van der Waals surface area contributed by atoms with Gasteiger partial charge in [0.2, 0.25) is 5.82 Å². The smallest absolute Gasteiger partial charge is 0.293 e. The molecule has 17 heavy (non-hydrogen) atoms. The summed E-state index contributed by atoms with van der Waals surface area (Å²) in [6.07, 6.45) is 0. The fourth-order valence-electron chi connectivity index (χ4n) is 1.37. The number of nitrogens with one attached hydrogen (secondary N) is 1. The standard InChI is InChI=1S/C11H20N4O2/c1-5-15(6-7-17-4)11(16)10-12-9(8(2)3)13-14-10/h8H,5-7H2,1-4H3,(H,12,13,14). The number of carbonyl (C=O) groups is 1. The zero-order valence-electron chi connectivity index (χ0n) is 10.9. The van der Waals surface area contributed by atoms with Crippen LogP contribution in [0.5, 0.6) is 0 Å². The van der Waals surface area contributed by atoms with Gasteiger partial charge in [0, 0.05) is 26.1 Å². The number of aromatic amines is 1. The Morgan fingerprint density at radius 3 is 2.71 bits per heavy atom. The van der Waals surface area contributed by atoms with Crippen molar-refractivity contribution < 1.29 is 9.53 Å². The number of ether oxygens (including phenoxy) is 1. The third-order valence-corrected chi connectivity index (χ3v) is 2.48. The van der Waals surface area contributed by atoms with Crippen LogP contribution in [-0.4, -0.2) is 52.8 Å². The minimum atomic E-state index is -0.160. The number of H-pyrrole nitrogens is 1. The van der Waals surface area contributed by atoms with Crippen LogP contribution in [0.1, 0.15) is 43.1 Å². The van der Waals surface area contributed by atoms with Crippen molar-refractivity contribution in [3.05, 3.63) is 11.6 Å². The van der Waals surface area contributed by atoms with E-state index >= 15 is 0 Å². The van der Waals surface area contributed by atoms with Gasteiger partial charge in [0.1, 0.15) is 5.82 Å². The summed E-state index contributed by atoms with van der Waals surface area (Å²) in [5.41, 5.74) is 0. The number of amides is 1. The van der Waals surface area contributed by atoms with Gasteiger partial charge >= 0.3 is 0 Å². The number of hydrogen-bond acceptors (Lipinski definition) is 4. The fraction of sp³-hybridized carbons (Fsp3) is 0.727. The van der Waals surface area contributed by atoms with Crippen molar-refractivity contribution in [3.63, 3.8) is 0 Å². The largest absolute Gasteiger partial charge is 0.383 e. The van der Waals surface area contributed by atoms with E-state index in [0.717, 1.165) is 5.82 Å². The van der Waals surface area contributed by atoms with E-state index in [0.29, 0.717) is 19.7 Å². The number of carbonyl (C=O) groups excluding carboxylic acids is 1. The number of nitrogens with zero attached hydrogens (tertiary/aromatic N) is 3. The van der Waals surface area contributed by atoms with Gasteiger partial charge in [-0.15, -0.1) is 5.10 Å². The summed E-state index contributed by atoms with van der Waals surface area (Å²) in [5, 5.41) is 6.73. The van der Waals surface area contributed by atoms with Crippen LogP contribution in [0.4, 0.5) is 0 Å². The van der Waals surface area contributed by atoms with Crippen molar-refractivity contribution >= 4 is 5.91 Å². The first-order chi connectivity index (χ1) is 8.10. The zero-order valence-corrected chi connectivity index (χ0v) is 10.9. The normalized spacial score (nSPS) is 10.9. The number of hydrogen-bond donors (Lipinski definition) is 1. The monoisotopic (exact) mass is 240 g/mol. The van der Waals surface area contributed by atoms with Gasteiger partial charge in [-0.25, -0.2) is 4.98 Å². The number of rotatable bonds is 6. The lowest BCUT2D eigenvalue weighted by Gasteiger charge is -2.18. The summed E-state index contributed by atoms with van der Waals surface area (Å²) >= 11 is 0. The average Bonchev–Trinajstić information content (AvgIpc) is 2.79. The number of methoxy groups -OCH3 is 1. The van der Waals surface area contributed by atoms with Crippen LogP contribution in [-0.2, 0) is 4.74 Å². The summed E-state index contributed by atoms with van der Waals surface area (Å²) in [6, 6.07) is 0. The SMILES string of the molecule is CCN(CCOC)C(=O)c1n[nH]c(C(C)C)n1. The topological polar surface area (TPSA) is 71.1 Å². The van der Waals surface area contributed by atoms with Crippen molar-refractivity contribution in [3.8, 4) is 0 Å². The van der Waals surface area contributed by atoms with Crippen LogP contribution in [0.2, 0.25) is 0 Å². The molecule has 1 N–H and O–H groups in total. The van der Waals surface area contributed by atoms with E-state index in [1.54, 1.807) is 12.0 Å². The molecule has 0 aliphatic heterocycles. The second kappa shape index (κ2) is 6.34. The van der Waals surface area contributed by atoms with Gasteiger partial charge in [0.25, 0.3) is 5.91 Å². The van der Waals surface area contributed by atoms with Gasteiger partial charge in [-0.3, -0.25) is 9.89 Å². The van der Waals surface area contributed by atoms with Crippen LogP contribution in [0, 0.1) is 0 Å². The Labute approximate surface area is 101 Å². The van der Waals surface area contributed by atoms with Crippen molar-refractivity contribution in [2.45, 2.75) is 26.7 Å². The lowest BCUT2D eigenvalue weighted by atomic mass is 10.2. The molecule has 0 atom stereocenters. The fourth-order valence-corrected chi connectivity index (χ4v) is 1.37. The van der Waals surface area contributed by atoms with E-state index in [4.69, 9.17) is 4.74 Å². The molecule has 1 heterocycles. The van der Waals surface area contributed by atoms with E-state index in [-0.39, 0.29) is 17.6 Å². The molecule has 0 spiro atoms. The second-order valence-corrected chi connectivity index (χ2v) is 4.08. The molecule has 1 aromatic rings. The van der Waals surface area contributed by atoms with Gasteiger partial charge in [0.15, 0.2) is 0 Å². The van der Waals surface area contributed by atoms with E-state index in [9.17, 15) is 4.79 Å². The summed E-state index contributed by atoms with van der Waals surface area (Å²) in [6.45, 7) is 7.60. The van der Waals surface area contributed by atoms with E-state index in [2.05, 4.69) is 15.2 Å². The summed E-state index contributed by atoms with van der Waals surface area (Å²) < 4.78 is 4.96. The molecule has 0 unspecified atom stereocenters. The average molecular weight is 240 g/mol. The Balaban J connectivity index is 2.72. The summed E-state index contributed by atoms with van der Waals surface area (Å²) in [7, 11) is 1.61. The molecule has 6 heteroatoms. The molecule has 6 nitrogen and oxygen atoms in total. The first-order valence-corrected chi connectivity index (χ1v) is 5.80. The van der Waals surface area contributed by atoms with Crippen molar-refractivity contribution in [1.29, 1.82) is 0 Å². The molecule has 1 aromatic heterocycles. The molecule has 0 aromatic carbocycles. The number of aromatic nitrogens is 3. The molecular formula is C11H20N4O2. The van der Waals surface area contributed by atoms with Gasteiger partial charge in [-0.1, -0.05) is 13.8 Å². The van der Waals surface area contributed by atoms with Gasteiger partial charge < -0.3 is 9.64 Å². The second-order valence-electron chi connectivity index (χ2n) is 4.08. The first kappa shape index (κ1) is 13.6. The third-order valence-electron chi connectivity index (χ3n) is 2.48. The highest BCUT2D eigenvalue weighted by Gasteiger charge is 2.19. The zero-order chi connectivity index (χ0) is 12.8. The molecule has 0 saturated carbocycles. The van der Waals surface area contributed by atoms with E-state index < -0.39 is 0 Å². The number of likely N-dealkylation sites (N-methyl/N-ethyl adjacent to an activating group) is 1. The predicted molar refractivity (Wildman–Crippen MR) is 63.9 cm³/mol. The minimum Gasteiger partial charge on any atom is -0.383 e. The molecule has 96 valence electrons. The molecular weight excluding hydrogens is 220 g/mol. The Morgan fingerprint density at radius 1 is 1.53 bits per heavy atom. The van der Waals surface area contributed by atoms with Crippen LogP contribution in [0.15, 0.2) is 0 Å². The predicted octanol–water partition coefficient (Wildman–Crippen LogP) is 1.04. The molecule has 0 bridgehead atoms. The maximum atomic E-state index is 12.0. The Bertz CT molecular complexity index is 362. The Hall–Kier alpha value is -1.43. The first-order valence-electron chi connectivity index (χ1n) is 5.80. The molecule has 0 aliphatic carbocycles. The molecule has 0 radical (unpaired) electrons. The Kier molecular flexibility index (Phi) is 5.09. The van der Waals surface area contributed by atoms with Crippen molar-refractivity contribution in [1.82, 2.24) is 20.1 Å². The molecule has 0 saturated heterocycles. The maximum Gasteiger partial charge on any atom is 0.293 e.